The van der Waals surface area contributed by atoms with E-state index in [9.17, 15) is 9.59 Å². The average molecular weight is 828 g/mol. The highest BCUT2D eigenvalue weighted by Gasteiger charge is 2.47. The number of aryl methyl sites for hydroxylation is 3. The Labute approximate surface area is 346 Å². The molecule has 0 saturated heterocycles. The number of nitrogens with zero attached hydrogens (tertiary/aromatic N) is 1. The summed E-state index contributed by atoms with van der Waals surface area (Å²) < 4.78 is 6.78. The molecule has 2 fully saturated rings. The molecule has 8 heteroatoms. The molecule has 7 nitrogen and oxygen atoms in total. The van der Waals surface area contributed by atoms with Gasteiger partial charge in [0.1, 0.15) is 12.4 Å². The lowest BCUT2D eigenvalue weighted by molar-refractivity contribution is 0.0921. The summed E-state index contributed by atoms with van der Waals surface area (Å²) >= 11 is 3.56. The number of amides is 2. The standard InChI is InChI=1S/C25H27BrN2O2.C22H22N2O.C2H6/c1-17-15-22(26)23(30-14-13-28(2)3)16-20(17)24(29)27-25(11-12-25)21-10-6-8-18-7-4-5-9-19(18)21;1-14-12-15(2)20(23)13-18(14)21(25)24-22(10-11-22)19-9-5-7-16-6-3-4-8-17(16)19;1-2/h4-10,15-16H,11-14H2,1-3H3,(H,27,29);3-9,12-13H,10-11,23H2,1-2H3,(H,24,25);1-2H3. The van der Waals surface area contributed by atoms with Gasteiger partial charge in [-0.1, -0.05) is 105 Å². The van der Waals surface area contributed by atoms with E-state index in [1.807, 2.05) is 79.0 Å². The normalized spacial score (nSPS) is 14.5. The largest absolute Gasteiger partial charge is 0.491 e. The van der Waals surface area contributed by atoms with Crippen molar-refractivity contribution in [3.05, 3.63) is 153 Å². The molecule has 296 valence electrons. The second-order valence-corrected chi connectivity index (χ2v) is 16.3. The number of likely N-dealkylation sites (N-methyl/N-ethyl adjacent to an activating group) is 1. The molecule has 57 heavy (non-hydrogen) atoms. The smallest absolute Gasteiger partial charge is 0.252 e. The van der Waals surface area contributed by atoms with Gasteiger partial charge in [0.25, 0.3) is 11.8 Å². The van der Waals surface area contributed by atoms with Crippen molar-refractivity contribution in [3.8, 4) is 5.75 Å². The molecule has 2 saturated carbocycles. The van der Waals surface area contributed by atoms with E-state index in [-0.39, 0.29) is 22.9 Å². The SMILES string of the molecule is CC.Cc1cc(Br)c(OCCN(C)C)cc1C(=O)NC1(c2cccc3ccccc23)CC1.Cc1cc(C)c(C(=O)NC2(c3cccc4ccccc34)CC2)cc1N. The molecule has 2 aliphatic carbocycles. The minimum absolute atomic E-state index is 0.0466. The number of ether oxygens (including phenoxy) is 1. The zero-order chi connectivity index (χ0) is 40.9. The number of fused-ring (bicyclic) bond motifs is 2. The van der Waals surface area contributed by atoms with Crippen molar-refractivity contribution in [1.29, 1.82) is 0 Å². The van der Waals surface area contributed by atoms with Crippen molar-refractivity contribution in [2.45, 2.75) is 71.4 Å². The average Bonchev–Trinajstić information content (AvgIpc) is 4.15. The van der Waals surface area contributed by atoms with E-state index in [0.29, 0.717) is 29.2 Å². The molecule has 6 aromatic rings. The van der Waals surface area contributed by atoms with Gasteiger partial charge in [-0.2, -0.15) is 0 Å². The fraction of sp³-hybridized carbons (Fsp3) is 0.306. The number of carbonyl (C=O) groups is 2. The van der Waals surface area contributed by atoms with Gasteiger partial charge < -0.3 is 26.0 Å². The lowest BCUT2D eigenvalue weighted by atomic mass is 9.96. The topological polar surface area (TPSA) is 96.7 Å². The Morgan fingerprint density at radius 1 is 0.667 bits per heavy atom. The van der Waals surface area contributed by atoms with Gasteiger partial charge in [0.2, 0.25) is 0 Å². The predicted octanol–water partition coefficient (Wildman–Crippen LogP) is 10.8. The van der Waals surface area contributed by atoms with Crippen molar-refractivity contribution >= 4 is 55.0 Å². The van der Waals surface area contributed by atoms with E-state index in [0.717, 1.165) is 53.4 Å². The van der Waals surface area contributed by atoms with Gasteiger partial charge in [0, 0.05) is 23.4 Å². The number of halogens is 1. The number of benzene rings is 6. The first-order valence-corrected chi connectivity index (χ1v) is 20.7. The molecule has 0 radical (unpaired) electrons. The van der Waals surface area contributed by atoms with Gasteiger partial charge in [-0.3, -0.25) is 9.59 Å². The molecule has 0 heterocycles. The molecule has 4 N–H and O–H groups in total. The molecular formula is C49H55BrN4O3. The van der Waals surface area contributed by atoms with Crippen LogP contribution in [-0.4, -0.2) is 44.0 Å². The Hall–Kier alpha value is -5.18. The Morgan fingerprint density at radius 3 is 1.61 bits per heavy atom. The first kappa shape index (κ1) is 41.5. The monoisotopic (exact) mass is 826 g/mol. The van der Waals surface area contributed by atoms with Crippen LogP contribution in [0.15, 0.2) is 114 Å². The summed E-state index contributed by atoms with van der Waals surface area (Å²) in [6, 6.07) is 36.9. The summed E-state index contributed by atoms with van der Waals surface area (Å²) in [6.07, 6.45) is 3.84. The Kier molecular flexibility index (Phi) is 12.8. The third kappa shape index (κ3) is 9.19. The lowest BCUT2D eigenvalue weighted by Gasteiger charge is -2.21. The van der Waals surface area contributed by atoms with Crippen molar-refractivity contribution in [2.24, 2.45) is 0 Å². The highest BCUT2D eigenvalue weighted by molar-refractivity contribution is 9.10. The summed E-state index contributed by atoms with van der Waals surface area (Å²) in [5.74, 6) is 0.597. The Balaban J connectivity index is 0.000000187. The van der Waals surface area contributed by atoms with E-state index in [1.54, 1.807) is 6.07 Å². The summed E-state index contributed by atoms with van der Waals surface area (Å²) in [5.41, 5.74) is 12.7. The molecule has 2 amide bonds. The first-order chi connectivity index (χ1) is 27.4. The predicted molar refractivity (Wildman–Crippen MR) is 239 cm³/mol. The van der Waals surface area contributed by atoms with Crippen molar-refractivity contribution in [1.82, 2.24) is 15.5 Å². The molecule has 6 aromatic carbocycles. The Morgan fingerprint density at radius 2 is 1.12 bits per heavy atom. The first-order valence-electron chi connectivity index (χ1n) is 20.0. The second kappa shape index (κ2) is 17.5. The molecule has 0 atom stereocenters. The molecule has 0 aromatic heterocycles. The van der Waals surface area contributed by atoms with Crippen molar-refractivity contribution < 1.29 is 14.3 Å². The molecular weight excluding hydrogens is 772 g/mol. The quantitative estimate of drug-likeness (QED) is 0.120. The lowest BCUT2D eigenvalue weighted by Crippen LogP contribution is -2.35. The maximum absolute atomic E-state index is 13.3. The molecule has 8 rings (SSSR count). The van der Waals surface area contributed by atoms with Crippen LogP contribution in [0.5, 0.6) is 5.75 Å². The zero-order valence-electron chi connectivity index (χ0n) is 34.3. The number of nitrogens with one attached hydrogen (secondary N) is 2. The van der Waals surface area contributed by atoms with E-state index in [1.165, 1.54) is 32.7 Å². The van der Waals surface area contributed by atoms with Crippen LogP contribution in [0.4, 0.5) is 5.69 Å². The van der Waals surface area contributed by atoms with Crippen molar-refractivity contribution in [2.75, 3.05) is 33.0 Å². The zero-order valence-corrected chi connectivity index (χ0v) is 35.8. The van der Waals surface area contributed by atoms with Crippen LogP contribution >= 0.6 is 15.9 Å². The molecule has 0 spiro atoms. The number of nitrogens with two attached hydrogens (primary N) is 1. The number of nitrogen functional groups attached to an aromatic ring is 1. The number of hydrogen-bond donors (Lipinski definition) is 3. The highest BCUT2D eigenvalue weighted by atomic mass is 79.9. The summed E-state index contributed by atoms with van der Waals surface area (Å²) in [6.45, 7) is 11.3. The van der Waals surface area contributed by atoms with E-state index in [4.69, 9.17) is 10.5 Å². The van der Waals surface area contributed by atoms with Crippen molar-refractivity contribution in [3.63, 3.8) is 0 Å². The van der Waals surface area contributed by atoms with Crippen LogP contribution < -0.4 is 21.1 Å². The van der Waals surface area contributed by atoms with Gasteiger partial charge in [0.15, 0.2) is 0 Å². The van der Waals surface area contributed by atoms with E-state index in [2.05, 4.69) is 104 Å². The third-order valence-corrected chi connectivity index (χ3v) is 11.6. The van der Waals surface area contributed by atoms with Crippen LogP contribution in [0.25, 0.3) is 21.5 Å². The third-order valence-electron chi connectivity index (χ3n) is 11.0. The minimum Gasteiger partial charge on any atom is -0.491 e. The van der Waals surface area contributed by atoms with Crippen LogP contribution in [0.2, 0.25) is 0 Å². The van der Waals surface area contributed by atoms with Crippen LogP contribution in [-0.2, 0) is 11.1 Å². The van der Waals surface area contributed by atoms with Crippen LogP contribution in [0.3, 0.4) is 0 Å². The van der Waals surface area contributed by atoms with Gasteiger partial charge in [-0.25, -0.2) is 0 Å². The number of hydrogen-bond acceptors (Lipinski definition) is 5. The maximum Gasteiger partial charge on any atom is 0.252 e. The molecule has 0 bridgehead atoms. The minimum atomic E-state index is -0.288. The van der Waals surface area contributed by atoms with Gasteiger partial charge in [-0.15, -0.1) is 0 Å². The molecule has 2 aliphatic rings. The maximum atomic E-state index is 13.3. The van der Waals surface area contributed by atoms with Gasteiger partial charge in [0.05, 0.1) is 15.6 Å². The molecule has 0 aliphatic heterocycles. The number of rotatable bonds is 10. The number of anilines is 1. The van der Waals surface area contributed by atoms with Crippen LogP contribution in [0, 0.1) is 20.8 Å². The van der Waals surface area contributed by atoms with E-state index >= 15 is 0 Å². The second-order valence-electron chi connectivity index (χ2n) is 15.4. The fourth-order valence-corrected chi connectivity index (χ4v) is 8.06. The molecule has 0 unspecified atom stereocenters. The summed E-state index contributed by atoms with van der Waals surface area (Å²) in [5, 5.41) is 11.4. The van der Waals surface area contributed by atoms with E-state index < -0.39 is 0 Å². The van der Waals surface area contributed by atoms with Gasteiger partial charge in [-0.05, 0) is 144 Å². The summed E-state index contributed by atoms with van der Waals surface area (Å²) in [7, 11) is 4.02. The summed E-state index contributed by atoms with van der Waals surface area (Å²) in [4.78, 5) is 28.3. The highest BCUT2D eigenvalue weighted by Crippen LogP contribution is 2.49. The number of carbonyl (C=O) groups excluding carboxylic acids is 2. The van der Waals surface area contributed by atoms with Crippen LogP contribution in [0.1, 0.15) is 88.1 Å². The Bertz CT molecular complexity index is 2400. The van der Waals surface area contributed by atoms with Gasteiger partial charge >= 0.3 is 0 Å². The fourth-order valence-electron chi connectivity index (χ4n) is 7.49.